The number of anilines is 3. The summed E-state index contributed by atoms with van der Waals surface area (Å²) in [7, 11) is 5.30. The molecular weight excluding hydrogens is 551 g/mol. The lowest BCUT2D eigenvalue weighted by atomic mass is 10.0. The van der Waals surface area contributed by atoms with Crippen LogP contribution in [0, 0.1) is 5.92 Å². The summed E-state index contributed by atoms with van der Waals surface area (Å²) < 4.78 is 47.1. The maximum Gasteiger partial charge on any atom is 0.421 e. The first kappa shape index (κ1) is 31.3. The number of methoxy groups -OCH3 is 1. The van der Waals surface area contributed by atoms with Crippen molar-refractivity contribution in [3.05, 3.63) is 35.5 Å². The summed E-state index contributed by atoms with van der Waals surface area (Å²) in [5.41, 5.74) is -0.198. The van der Waals surface area contributed by atoms with Crippen LogP contribution in [0.15, 0.2) is 24.4 Å². The van der Waals surface area contributed by atoms with Gasteiger partial charge in [0, 0.05) is 43.1 Å². The van der Waals surface area contributed by atoms with Crippen molar-refractivity contribution in [3.63, 3.8) is 0 Å². The molecule has 1 aliphatic heterocycles. The molecule has 1 saturated carbocycles. The van der Waals surface area contributed by atoms with Crippen LogP contribution in [0.4, 0.5) is 30.6 Å². The summed E-state index contributed by atoms with van der Waals surface area (Å²) in [6, 6.07) is 4.39. The predicted molar refractivity (Wildman–Crippen MR) is 154 cm³/mol. The normalized spacial score (nSPS) is 19.9. The molecule has 0 spiro atoms. The molecule has 1 aromatic heterocycles. The number of benzene rings is 1. The zero-order chi connectivity index (χ0) is 30.6. The van der Waals surface area contributed by atoms with Gasteiger partial charge in [0.1, 0.15) is 17.1 Å². The van der Waals surface area contributed by atoms with Gasteiger partial charge in [-0.25, -0.2) is 4.98 Å². The summed E-state index contributed by atoms with van der Waals surface area (Å²) in [6.07, 6.45) is -0.381. The zero-order valence-electron chi connectivity index (χ0n) is 24.7. The lowest BCUT2D eigenvalue weighted by Crippen LogP contribution is -2.44. The number of ether oxygens (including phenoxy) is 1. The molecule has 2 unspecified atom stereocenters. The molecule has 13 heteroatoms. The van der Waals surface area contributed by atoms with Gasteiger partial charge in [-0.05, 0) is 71.8 Å². The molecule has 0 bridgehead atoms. The average molecular weight is 592 g/mol. The molecule has 2 aromatic rings. The van der Waals surface area contributed by atoms with Gasteiger partial charge in [-0.1, -0.05) is 6.42 Å². The minimum Gasteiger partial charge on any atom is -0.496 e. The minimum absolute atomic E-state index is 0.0729. The monoisotopic (exact) mass is 591 g/mol. The van der Waals surface area contributed by atoms with Gasteiger partial charge in [0.05, 0.1) is 18.6 Å². The summed E-state index contributed by atoms with van der Waals surface area (Å²) in [6.45, 7) is 5.51. The number of likely N-dealkylation sites (tertiary alicyclic amines) is 1. The number of aromatic nitrogens is 2. The fourth-order valence-electron chi connectivity index (χ4n) is 5.59. The topological polar surface area (TPSA) is 112 Å². The number of halogens is 3. The molecule has 2 atom stereocenters. The molecule has 1 saturated heterocycles. The van der Waals surface area contributed by atoms with Crippen LogP contribution < -0.4 is 20.7 Å². The van der Waals surface area contributed by atoms with Gasteiger partial charge in [-0.15, -0.1) is 0 Å². The fraction of sp³-hybridized carbons (Fsp3) is 0.586. The van der Waals surface area contributed by atoms with Crippen molar-refractivity contribution in [1.29, 1.82) is 0 Å². The number of nitrogens with one attached hydrogen (secondary N) is 3. The molecule has 0 radical (unpaired) electrons. The first-order chi connectivity index (χ1) is 19.9. The number of nitrogens with zero attached hydrogens (tertiary/aromatic N) is 4. The first-order valence-electron chi connectivity index (χ1n) is 14.3. The van der Waals surface area contributed by atoms with Crippen LogP contribution in [0.25, 0.3) is 0 Å². The van der Waals surface area contributed by atoms with Crippen LogP contribution in [0.3, 0.4) is 0 Å². The van der Waals surface area contributed by atoms with Gasteiger partial charge in [-0.2, -0.15) is 18.2 Å². The highest BCUT2D eigenvalue weighted by molar-refractivity contribution is 5.97. The van der Waals surface area contributed by atoms with E-state index in [1.54, 1.807) is 30.1 Å². The summed E-state index contributed by atoms with van der Waals surface area (Å²) in [5.74, 6) is -0.979. The number of carbonyl (C=O) groups is 2. The Morgan fingerprint density at radius 2 is 1.86 bits per heavy atom. The van der Waals surface area contributed by atoms with Crippen LogP contribution >= 0.6 is 0 Å². The zero-order valence-corrected chi connectivity index (χ0v) is 24.7. The fourth-order valence-corrected chi connectivity index (χ4v) is 5.59. The molecule has 1 aliphatic carbocycles. The number of hydrogen-bond acceptors (Lipinski definition) is 8. The number of amides is 2. The van der Waals surface area contributed by atoms with Crippen molar-refractivity contribution in [3.8, 4) is 5.75 Å². The van der Waals surface area contributed by atoms with E-state index in [-0.39, 0.29) is 29.8 Å². The molecule has 2 heterocycles. The van der Waals surface area contributed by atoms with Crippen molar-refractivity contribution in [2.24, 2.45) is 5.92 Å². The van der Waals surface area contributed by atoms with Gasteiger partial charge in [0.15, 0.2) is 0 Å². The van der Waals surface area contributed by atoms with Crippen molar-refractivity contribution in [2.45, 2.75) is 70.3 Å². The van der Waals surface area contributed by atoms with E-state index in [2.05, 4.69) is 37.9 Å². The van der Waals surface area contributed by atoms with Crippen LogP contribution in [0.1, 0.15) is 61.9 Å². The molecule has 10 nitrogen and oxygen atoms in total. The molecule has 3 N–H and O–H groups in total. The minimum atomic E-state index is -4.69. The highest BCUT2D eigenvalue weighted by Gasteiger charge is 2.39. The van der Waals surface area contributed by atoms with Gasteiger partial charge in [0.2, 0.25) is 11.9 Å². The Morgan fingerprint density at radius 1 is 1.14 bits per heavy atom. The Balaban J connectivity index is 1.54. The molecule has 2 amide bonds. The number of hydrogen-bond donors (Lipinski definition) is 3. The Morgan fingerprint density at radius 3 is 2.50 bits per heavy atom. The second kappa shape index (κ2) is 13.1. The van der Waals surface area contributed by atoms with E-state index in [4.69, 9.17) is 4.74 Å². The van der Waals surface area contributed by atoms with Gasteiger partial charge in [-0.3, -0.25) is 9.59 Å². The Kier molecular flexibility index (Phi) is 9.80. The second-order valence-corrected chi connectivity index (χ2v) is 11.4. The smallest absolute Gasteiger partial charge is 0.421 e. The van der Waals surface area contributed by atoms with Crippen LogP contribution in [0.2, 0.25) is 0 Å². The molecular formula is C29H40F3N7O3. The number of alkyl halides is 3. The van der Waals surface area contributed by atoms with Gasteiger partial charge < -0.3 is 30.5 Å². The molecule has 42 heavy (non-hydrogen) atoms. The Labute approximate surface area is 244 Å². The van der Waals surface area contributed by atoms with Crippen LogP contribution in [-0.4, -0.2) is 84.0 Å². The SMILES string of the molecule is COc1cc(Nc2ncc(C(F)(F)F)c(NC3CCCC3C(=O)NC(C)C)n2)ccc1C(=O)N(C)C1CCN(C)CC1. The molecule has 230 valence electrons. The van der Waals surface area contributed by atoms with Crippen molar-refractivity contribution < 1.29 is 27.5 Å². The highest BCUT2D eigenvalue weighted by Crippen LogP contribution is 2.37. The van der Waals surface area contributed by atoms with E-state index < -0.39 is 29.5 Å². The van der Waals surface area contributed by atoms with Crippen LogP contribution in [-0.2, 0) is 11.0 Å². The maximum absolute atomic E-state index is 13.9. The summed E-state index contributed by atoms with van der Waals surface area (Å²) >= 11 is 0. The average Bonchev–Trinajstić information content (AvgIpc) is 3.40. The summed E-state index contributed by atoms with van der Waals surface area (Å²) in [5, 5.41) is 8.67. The van der Waals surface area contributed by atoms with E-state index >= 15 is 0 Å². The molecule has 2 fully saturated rings. The van der Waals surface area contributed by atoms with Crippen molar-refractivity contribution >= 4 is 29.3 Å². The highest BCUT2D eigenvalue weighted by atomic mass is 19.4. The standard InChI is InChI=1S/C29H40F3N7O3/c1-17(2)34-26(40)20-7-6-8-23(20)36-25-22(29(30,31)32)16-33-28(37-25)35-18-9-10-21(24(15-18)42-5)27(41)39(4)19-11-13-38(3)14-12-19/h9-10,15-17,19-20,23H,6-8,11-14H2,1-5H3,(H,34,40)(H2,33,35,36,37). The van der Waals surface area contributed by atoms with Gasteiger partial charge >= 0.3 is 6.18 Å². The Hall–Kier alpha value is -3.61. The third-order valence-corrected chi connectivity index (χ3v) is 7.94. The largest absolute Gasteiger partial charge is 0.496 e. The first-order valence-corrected chi connectivity index (χ1v) is 14.3. The van der Waals surface area contributed by atoms with E-state index in [1.165, 1.54) is 7.11 Å². The molecule has 2 aliphatic rings. The van der Waals surface area contributed by atoms with Crippen LogP contribution in [0.5, 0.6) is 5.75 Å². The second-order valence-electron chi connectivity index (χ2n) is 11.4. The lowest BCUT2D eigenvalue weighted by molar-refractivity contribution is -0.137. The van der Waals surface area contributed by atoms with E-state index in [9.17, 15) is 22.8 Å². The number of rotatable bonds is 9. The maximum atomic E-state index is 13.9. The predicted octanol–water partition coefficient (Wildman–Crippen LogP) is 4.52. The molecule has 1 aromatic carbocycles. The quantitative estimate of drug-likeness (QED) is 0.391. The summed E-state index contributed by atoms with van der Waals surface area (Å²) in [4.78, 5) is 38.0. The molecule has 4 rings (SSSR count). The third-order valence-electron chi connectivity index (χ3n) is 7.94. The van der Waals surface area contributed by atoms with E-state index in [0.717, 1.165) is 32.1 Å². The number of piperidine rings is 1. The van der Waals surface area contributed by atoms with E-state index in [1.807, 2.05) is 13.8 Å². The van der Waals surface area contributed by atoms with Gasteiger partial charge in [0.25, 0.3) is 5.91 Å². The third kappa shape index (κ3) is 7.42. The lowest BCUT2D eigenvalue weighted by Gasteiger charge is -2.35. The van der Waals surface area contributed by atoms with Crippen molar-refractivity contribution in [2.75, 3.05) is 44.9 Å². The van der Waals surface area contributed by atoms with E-state index in [0.29, 0.717) is 36.3 Å². The van der Waals surface area contributed by atoms with Crippen molar-refractivity contribution in [1.82, 2.24) is 25.1 Å². The Bertz CT molecular complexity index is 1270. The number of carbonyl (C=O) groups excluding carboxylic acids is 2.